The van der Waals surface area contributed by atoms with E-state index in [2.05, 4.69) is 0 Å². The lowest BCUT2D eigenvalue weighted by Crippen LogP contribution is -2.28. The molecule has 0 unspecified atom stereocenters. The van der Waals surface area contributed by atoms with Crippen molar-refractivity contribution in [2.24, 2.45) is 0 Å². The van der Waals surface area contributed by atoms with Gasteiger partial charge in [0.2, 0.25) is 5.91 Å². The Kier molecular flexibility index (Phi) is 8.12. The van der Waals surface area contributed by atoms with Gasteiger partial charge in [0.05, 0.1) is 25.5 Å². The lowest BCUT2D eigenvalue weighted by atomic mass is 10.3. The molecule has 1 amide bonds. The van der Waals surface area contributed by atoms with Crippen LogP contribution in [-0.2, 0) is 9.53 Å². The normalized spacial score (nSPS) is 11.1. The van der Waals surface area contributed by atoms with Gasteiger partial charge in [0.15, 0.2) is 0 Å². The van der Waals surface area contributed by atoms with Gasteiger partial charge in [-0.1, -0.05) is 0 Å². The summed E-state index contributed by atoms with van der Waals surface area (Å²) in [6, 6.07) is 1.92. The van der Waals surface area contributed by atoms with E-state index in [0.29, 0.717) is 6.54 Å². The van der Waals surface area contributed by atoms with Crippen LogP contribution in [0.2, 0.25) is 0 Å². The van der Waals surface area contributed by atoms with Crippen molar-refractivity contribution in [1.29, 1.82) is 5.26 Å². The maximum Gasteiger partial charge on any atom is 0.389 e. The zero-order chi connectivity index (χ0) is 14.0. The van der Waals surface area contributed by atoms with E-state index >= 15 is 0 Å². The maximum atomic E-state index is 11.8. The molecule has 4 nitrogen and oxygen atoms in total. The average molecular weight is 266 g/mol. The molecule has 0 N–H and O–H groups in total. The van der Waals surface area contributed by atoms with Gasteiger partial charge in [0, 0.05) is 26.6 Å². The lowest BCUT2D eigenvalue weighted by Gasteiger charge is -2.15. The molecule has 0 rings (SSSR count). The van der Waals surface area contributed by atoms with E-state index in [4.69, 9.17) is 10.00 Å². The predicted molar refractivity (Wildman–Crippen MR) is 58.6 cm³/mol. The number of nitriles is 1. The van der Waals surface area contributed by atoms with Crippen LogP contribution in [0.3, 0.4) is 0 Å². The molecule has 0 aromatic rings. The molecule has 104 valence electrons. The third-order valence-corrected chi connectivity index (χ3v) is 2.19. The Labute approximate surface area is 104 Å². The lowest BCUT2D eigenvalue weighted by molar-refractivity contribution is -0.139. The number of hydrogen-bond donors (Lipinski definition) is 0. The molecule has 0 saturated heterocycles. The number of hydrogen-bond acceptors (Lipinski definition) is 3. The first-order valence-corrected chi connectivity index (χ1v) is 5.62. The number of rotatable bonds is 8. The SMILES string of the molecule is CN(CCC#N)C(=O)CCOCCCC(F)(F)F. The Morgan fingerprint density at radius 2 is 2.06 bits per heavy atom. The largest absolute Gasteiger partial charge is 0.389 e. The summed E-state index contributed by atoms with van der Waals surface area (Å²) in [6.45, 7) is 0.450. The van der Waals surface area contributed by atoms with Crippen molar-refractivity contribution in [2.45, 2.75) is 31.9 Å². The smallest absolute Gasteiger partial charge is 0.381 e. The second-order valence-electron chi connectivity index (χ2n) is 3.80. The van der Waals surface area contributed by atoms with Crippen molar-refractivity contribution in [3.63, 3.8) is 0 Å². The highest BCUT2D eigenvalue weighted by Gasteiger charge is 2.25. The fourth-order valence-corrected chi connectivity index (χ4v) is 1.17. The van der Waals surface area contributed by atoms with Gasteiger partial charge in [0.25, 0.3) is 0 Å². The molecule has 0 radical (unpaired) electrons. The number of halogens is 3. The molecule has 0 bridgehead atoms. The van der Waals surface area contributed by atoms with E-state index in [1.807, 2.05) is 6.07 Å². The van der Waals surface area contributed by atoms with Crippen LogP contribution < -0.4 is 0 Å². The van der Waals surface area contributed by atoms with E-state index in [1.165, 1.54) is 4.90 Å². The summed E-state index contributed by atoms with van der Waals surface area (Å²) >= 11 is 0. The maximum absolute atomic E-state index is 11.8. The molecule has 0 aliphatic heterocycles. The van der Waals surface area contributed by atoms with Crippen molar-refractivity contribution in [3.05, 3.63) is 0 Å². The number of alkyl halides is 3. The third kappa shape index (κ3) is 9.90. The van der Waals surface area contributed by atoms with Crippen LogP contribution in [0.1, 0.15) is 25.7 Å². The number of carbonyl (C=O) groups is 1. The Morgan fingerprint density at radius 1 is 1.39 bits per heavy atom. The first-order chi connectivity index (χ1) is 8.37. The van der Waals surface area contributed by atoms with Crippen LogP contribution in [0.25, 0.3) is 0 Å². The summed E-state index contributed by atoms with van der Waals surface area (Å²) in [5.41, 5.74) is 0. The molecule has 0 aliphatic carbocycles. The Bertz CT molecular complexity index is 287. The zero-order valence-corrected chi connectivity index (χ0v) is 10.3. The van der Waals surface area contributed by atoms with Gasteiger partial charge in [-0.15, -0.1) is 0 Å². The zero-order valence-electron chi connectivity index (χ0n) is 10.3. The van der Waals surface area contributed by atoms with E-state index < -0.39 is 12.6 Å². The first kappa shape index (κ1) is 16.7. The molecule has 7 heteroatoms. The molecule has 0 aromatic heterocycles. The predicted octanol–water partition coefficient (Wildman–Crippen LogP) is 2.11. The summed E-state index contributed by atoms with van der Waals surface area (Å²) in [4.78, 5) is 12.8. The van der Waals surface area contributed by atoms with E-state index in [0.717, 1.165) is 0 Å². The van der Waals surface area contributed by atoms with Crippen molar-refractivity contribution in [3.8, 4) is 6.07 Å². The average Bonchev–Trinajstić information content (AvgIpc) is 2.28. The quantitative estimate of drug-likeness (QED) is 0.632. The van der Waals surface area contributed by atoms with E-state index in [1.54, 1.807) is 7.05 Å². The van der Waals surface area contributed by atoms with Crippen LogP contribution in [0.15, 0.2) is 0 Å². The third-order valence-electron chi connectivity index (χ3n) is 2.19. The highest BCUT2D eigenvalue weighted by atomic mass is 19.4. The molecular formula is C11H17F3N2O2. The summed E-state index contributed by atoms with van der Waals surface area (Å²) in [7, 11) is 1.57. The van der Waals surface area contributed by atoms with Gasteiger partial charge in [-0.2, -0.15) is 18.4 Å². The molecule has 0 atom stereocenters. The first-order valence-electron chi connectivity index (χ1n) is 5.62. The van der Waals surface area contributed by atoms with Crippen molar-refractivity contribution in [2.75, 3.05) is 26.8 Å². The van der Waals surface area contributed by atoms with Crippen molar-refractivity contribution >= 4 is 5.91 Å². The summed E-state index contributed by atoms with van der Waals surface area (Å²) in [5.74, 6) is -0.180. The number of carbonyl (C=O) groups excluding carboxylic acids is 1. The number of nitrogens with zero attached hydrogens (tertiary/aromatic N) is 2. The second-order valence-corrected chi connectivity index (χ2v) is 3.80. The minimum atomic E-state index is -4.16. The Hall–Kier alpha value is -1.29. The standard InChI is InChI=1S/C11H17F3N2O2/c1-16(7-3-6-15)10(17)4-9-18-8-2-5-11(12,13)14/h2-5,7-9H2,1H3. The van der Waals surface area contributed by atoms with Gasteiger partial charge in [-0.05, 0) is 6.42 Å². The second kappa shape index (κ2) is 8.75. The molecule has 0 fully saturated rings. The van der Waals surface area contributed by atoms with E-state index in [-0.39, 0.29) is 38.4 Å². The molecule has 0 heterocycles. The highest BCUT2D eigenvalue weighted by molar-refractivity contribution is 5.75. The highest BCUT2D eigenvalue weighted by Crippen LogP contribution is 2.20. The minimum absolute atomic E-state index is 0.00526. The van der Waals surface area contributed by atoms with Crippen LogP contribution in [-0.4, -0.2) is 43.8 Å². The Morgan fingerprint density at radius 3 is 2.61 bits per heavy atom. The molecule has 0 aliphatic rings. The van der Waals surface area contributed by atoms with Crippen molar-refractivity contribution < 1.29 is 22.7 Å². The molecule has 0 aromatic carbocycles. The molecule has 0 saturated carbocycles. The van der Waals surface area contributed by atoms with Crippen LogP contribution in [0, 0.1) is 11.3 Å². The van der Waals surface area contributed by atoms with Crippen LogP contribution >= 0.6 is 0 Å². The molecular weight excluding hydrogens is 249 g/mol. The number of ether oxygens (including phenoxy) is 1. The van der Waals surface area contributed by atoms with Crippen LogP contribution in [0.4, 0.5) is 13.2 Å². The minimum Gasteiger partial charge on any atom is -0.381 e. The monoisotopic (exact) mass is 266 g/mol. The van der Waals surface area contributed by atoms with Gasteiger partial charge in [0.1, 0.15) is 0 Å². The summed E-state index contributed by atoms with van der Waals surface area (Å²) in [6.07, 6.45) is -4.75. The molecule has 0 spiro atoms. The fourth-order valence-electron chi connectivity index (χ4n) is 1.17. The van der Waals surface area contributed by atoms with E-state index in [9.17, 15) is 18.0 Å². The summed E-state index contributed by atoms with van der Waals surface area (Å²) < 4.78 is 40.3. The van der Waals surface area contributed by atoms with Crippen molar-refractivity contribution in [1.82, 2.24) is 4.90 Å². The summed E-state index contributed by atoms with van der Waals surface area (Å²) in [5, 5.41) is 8.33. The molecule has 18 heavy (non-hydrogen) atoms. The van der Waals surface area contributed by atoms with Gasteiger partial charge < -0.3 is 9.64 Å². The van der Waals surface area contributed by atoms with Gasteiger partial charge >= 0.3 is 6.18 Å². The number of amides is 1. The van der Waals surface area contributed by atoms with Gasteiger partial charge in [-0.3, -0.25) is 4.79 Å². The Balaban J connectivity index is 3.49. The fraction of sp³-hybridized carbons (Fsp3) is 0.818. The topological polar surface area (TPSA) is 53.3 Å². The van der Waals surface area contributed by atoms with Crippen LogP contribution in [0.5, 0.6) is 0 Å². The van der Waals surface area contributed by atoms with Gasteiger partial charge in [-0.25, -0.2) is 0 Å².